The smallest absolute Gasteiger partial charge is 0.133 e. The summed E-state index contributed by atoms with van der Waals surface area (Å²) in [5, 5.41) is 0. The van der Waals surface area contributed by atoms with Crippen molar-refractivity contribution in [3.63, 3.8) is 0 Å². The van der Waals surface area contributed by atoms with Crippen molar-refractivity contribution in [1.82, 2.24) is 0 Å². The second-order valence-corrected chi connectivity index (χ2v) is 6.89. The van der Waals surface area contributed by atoms with E-state index in [0.29, 0.717) is 36.9 Å². The van der Waals surface area contributed by atoms with Gasteiger partial charge in [0.05, 0.1) is 0 Å². The first kappa shape index (κ1) is 18.3. The Bertz CT molecular complexity index is 256. The maximum absolute atomic E-state index is 12.1. The number of Topliss-reactive ketones (excluding diaryl/α,β-unsaturated/α-hetero) is 1. The van der Waals surface area contributed by atoms with Crippen molar-refractivity contribution in [2.75, 3.05) is 0 Å². The zero-order chi connectivity index (χ0) is 14.9. The Balaban J connectivity index is 4.86. The van der Waals surface area contributed by atoms with E-state index in [-0.39, 0.29) is 5.41 Å². The predicted octanol–water partition coefficient (Wildman–Crippen LogP) is 4.80. The van der Waals surface area contributed by atoms with E-state index < -0.39 is 0 Å². The lowest BCUT2D eigenvalue weighted by Gasteiger charge is -2.35. The van der Waals surface area contributed by atoms with Gasteiger partial charge >= 0.3 is 0 Å². The van der Waals surface area contributed by atoms with Crippen LogP contribution in [-0.2, 0) is 9.59 Å². The number of carbonyl (C=O) groups is 2. The summed E-state index contributed by atoms with van der Waals surface area (Å²) in [7, 11) is 0. The first-order valence-electron chi connectivity index (χ1n) is 7.80. The molecular weight excluding hydrogens is 236 g/mol. The molecular formula is C17H32O2. The van der Waals surface area contributed by atoms with Crippen molar-refractivity contribution in [3.8, 4) is 0 Å². The molecule has 0 aliphatic rings. The molecule has 19 heavy (non-hydrogen) atoms. The topological polar surface area (TPSA) is 34.1 Å². The summed E-state index contributed by atoms with van der Waals surface area (Å²) in [5.74, 6) is 1.39. The third-order valence-corrected chi connectivity index (χ3v) is 3.58. The number of aldehydes is 1. The first-order valence-corrected chi connectivity index (χ1v) is 7.80. The first-order chi connectivity index (χ1) is 8.85. The summed E-state index contributed by atoms with van der Waals surface area (Å²) in [6.07, 6.45) is 6.78. The minimum absolute atomic E-state index is 0.102. The predicted molar refractivity (Wildman–Crippen MR) is 81.2 cm³/mol. The van der Waals surface area contributed by atoms with E-state index in [9.17, 15) is 9.59 Å². The molecule has 112 valence electrons. The molecule has 0 N–H and O–H groups in total. The molecule has 0 aromatic carbocycles. The lowest BCUT2D eigenvalue weighted by atomic mass is 9.69. The maximum atomic E-state index is 12.1. The second-order valence-electron chi connectivity index (χ2n) is 6.89. The van der Waals surface area contributed by atoms with E-state index in [1.807, 2.05) is 0 Å². The van der Waals surface area contributed by atoms with Crippen molar-refractivity contribution in [2.45, 2.75) is 79.6 Å². The molecule has 0 aromatic heterocycles. The van der Waals surface area contributed by atoms with Crippen molar-refractivity contribution in [3.05, 3.63) is 0 Å². The maximum Gasteiger partial charge on any atom is 0.133 e. The summed E-state index contributed by atoms with van der Waals surface area (Å²) >= 11 is 0. The van der Waals surface area contributed by atoms with Gasteiger partial charge in [-0.15, -0.1) is 0 Å². The standard InChI is InChI=1S/C17H32O2/c1-6-7-8-16(19)13-17(9-10-18,11-14(2)3)12-15(4)5/h10,14-15H,6-9,11-13H2,1-5H3. The fourth-order valence-corrected chi connectivity index (χ4v) is 3.26. The molecule has 0 atom stereocenters. The van der Waals surface area contributed by atoms with Crippen LogP contribution in [0, 0.1) is 17.3 Å². The number of hydrogen-bond acceptors (Lipinski definition) is 2. The highest BCUT2D eigenvalue weighted by Crippen LogP contribution is 2.40. The van der Waals surface area contributed by atoms with Crippen LogP contribution >= 0.6 is 0 Å². The van der Waals surface area contributed by atoms with Crippen LogP contribution in [0.5, 0.6) is 0 Å². The number of hydrogen-bond donors (Lipinski definition) is 0. The molecule has 0 heterocycles. The quantitative estimate of drug-likeness (QED) is 0.504. The third kappa shape index (κ3) is 8.18. The molecule has 0 aliphatic carbocycles. The largest absolute Gasteiger partial charge is 0.303 e. The van der Waals surface area contributed by atoms with E-state index in [1.165, 1.54) is 0 Å². The summed E-state index contributed by atoms with van der Waals surface area (Å²) in [5.41, 5.74) is -0.102. The van der Waals surface area contributed by atoms with Crippen molar-refractivity contribution in [1.29, 1.82) is 0 Å². The summed E-state index contributed by atoms with van der Waals surface area (Å²) < 4.78 is 0. The lowest BCUT2D eigenvalue weighted by molar-refractivity contribution is -0.122. The average Bonchev–Trinajstić information content (AvgIpc) is 2.24. The van der Waals surface area contributed by atoms with Gasteiger partial charge in [-0.05, 0) is 36.5 Å². The second kappa shape index (κ2) is 9.28. The minimum Gasteiger partial charge on any atom is -0.303 e. The molecule has 0 amide bonds. The van der Waals surface area contributed by atoms with E-state index in [2.05, 4.69) is 34.6 Å². The molecule has 0 unspecified atom stereocenters. The summed E-state index contributed by atoms with van der Waals surface area (Å²) in [6, 6.07) is 0. The Morgan fingerprint density at radius 2 is 1.63 bits per heavy atom. The van der Waals surface area contributed by atoms with Gasteiger partial charge in [0.1, 0.15) is 12.1 Å². The molecule has 0 spiro atoms. The molecule has 0 aromatic rings. The third-order valence-electron chi connectivity index (χ3n) is 3.58. The SMILES string of the molecule is CCCCC(=O)CC(CC=O)(CC(C)C)CC(C)C. The number of carbonyl (C=O) groups excluding carboxylic acids is 2. The fourth-order valence-electron chi connectivity index (χ4n) is 3.26. The lowest BCUT2D eigenvalue weighted by Crippen LogP contribution is -2.29. The molecule has 2 nitrogen and oxygen atoms in total. The van der Waals surface area contributed by atoms with Gasteiger partial charge in [-0.2, -0.15) is 0 Å². The van der Waals surface area contributed by atoms with Crippen LogP contribution in [0.15, 0.2) is 0 Å². The zero-order valence-electron chi connectivity index (χ0n) is 13.5. The molecule has 2 heteroatoms. The van der Waals surface area contributed by atoms with Gasteiger partial charge in [-0.1, -0.05) is 41.0 Å². The van der Waals surface area contributed by atoms with Gasteiger partial charge in [0, 0.05) is 19.3 Å². The highest BCUT2D eigenvalue weighted by molar-refractivity contribution is 5.79. The summed E-state index contributed by atoms with van der Waals surface area (Å²) in [4.78, 5) is 23.2. The van der Waals surface area contributed by atoms with Gasteiger partial charge in [-0.3, -0.25) is 4.79 Å². The number of rotatable bonds is 11. The van der Waals surface area contributed by atoms with E-state index in [4.69, 9.17) is 0 Å². The monoisotopic (exact) mass is 268 g/mol. The van der Waals surface area contributed by atoms with Crippen LogP contribution in [0.1, 0.15) is 79.6 Å². The van der Waals surface area contributed by atoms with Crippen molar-refractivity contribution < 1.29 is 9.59 Å². The van der Waals surface area contributed by atoms with Gasteiger partial charge < -0.3 is 4.79 Å². The highest BCUT2D eigenvalue weighted by atomic mass is 16.1. The van der Waals surface area contributed by atoms with Crippen LogP contribution in [0.2, 0.25) is 0 Å². The van der Waals surface area contributed by atoms with Crippen LogP contribution in [0.3, 0.4) is 0 Å². The number of unbranched alkanes of at least 4 members (excludes halogenated alkanes) is 1. The molecule has 0 fully saturated rings. The Kier molecular flexibility index (Phi) is 8.95. The van der Waals surface area contributed by atoms with Crippen LogP contribution < -0.4 is 0 Å². The Hall–Kier alpha value is -0.660. The van der Waals surface area contributed by atoms with Crippen molar-refractivity contribution >= 4 is 12.1 Å². The summed E-state index contributed by atoms with van der Waals surface area (Å²) in [6.45, 7) is 10.8. The zero-order valence-corrected chi connectivity index (χ0v) is 13.5. The van der Waals surface area contributed by atoms with Crippen LogP contribution in [0.25, 0.3) is 0 Å². The Labute approximate surface area is 119 Å². The van der Waals surface area contributed by atoms with Gasteiger partial charge in [-0.25, -0.2) is 0 Å². The van der Waals surface area contributed by atoms with Gasteiger partial charge in [0.15, 0.2) is 0 Å². The van der Waals surface area contributed by atoms with E-state index in [0.717, 1.165) is 32.0 Å². The van der Waals surface area contributed by atoms with Gasteiger partial charge in [0.2, 0.25) is 0 Å². The Morgan fingerprint density at radius 3 is 2.00 bits per heavy atom. The highest BCUT2D eigenvalue weighted by Gasteiger charge is 2.33. The number of ketones is 1. The molecule has 0 bridgehead atoms. The van der Waals surface area contributed by atoms with E-state index in [1.54, 1.807) is 0 Å². The van der Waals surface area contributed by atoms with Crippen molar-refractivity contribution in [2.24, 2.45) is 17.3 Å². The molecule has 0 saturated heterocycles. The molecule has 0 rings (SSSR count). The molecule has 0 saturated carbocycles. The normalized spacial score (nSPS) is 12.2. The van der Waals surface area contributed by atoms with Gasteiger partial charge in [0.25, 0.3) is 0 Å². The average molecular weight is 268 g/mol. The Morgan fingerprint density at radius 1 is 1.11 bits per heavy atom. The van der Waals surface area contributed by atoms with Crippen LogP contribution in [0.4, 0.5) is 0 Å². The fraction of sp³-hybridized carbons (Fsp3) is 0.882. The molecule has 0 aliphatic heterocycles. The van der Waals surface area contributed by atoms with E-state index >= 15 is 0 Å². The molecule has 0 radical (unpaired) electrons. The minimum atomic E-state index is -0.102. The van der Waals surface area contributed by atoms with Crippen LogP contribution in [-0.4, -0.2) is 12.1 Å².